The van der Waals surface area contributed by atoms with E-state index in [1.165, 1.54) is 12.1 Å². The van der Waals surface area contributed by atoms with Gasteiger partial charge in [-0.05, 0) is 60.9 Å². The summed E-state index contributed by atoms with van der Waals surface area (Å²) in [6.07, 6.45) is 2.79. The van der Waals surface area contributed by atoms with Gasteiger partial charge in [-0.25, -0.2) is 13.4 Å². The highest BCUT2D eigenvalue weighted by atomic mass is 32.2. The Morgan fingerprint density at radius 2 is 1.86 bits per heavy atom. The first-order valence-corrected chi connectivity index (χ1v) is 13.1. The molecule has 182 valence electrons. The highest BCUT2D eigenvalue weighted by Crippen LogP contribution is 2.36. The van der Waals surface area contributed by atoms with Crippen LogP contribution in [0.4, 0.5) is 5.82 Å². The van der Waals surface area contributed by atoms with Crippen LogP contribution in [0.5, 0.6) is 11.5 Å². The summed E-state index contributed by atoms with van der Waals surface area (Å²) in [5.41, 5.74) is 2.33. The SMILES string of the molecule is Cc1ccc(NC(=O)c2cc(Oc3ccc(S(C)(=O)=O)cc3)c3c(c2)C(=O)N(CC(C)C)C3)nc1. The molecule has 0 fully saturated rings. The van der Waals surface area contributed by atoms with Crippen molar-refractivity contribution in [3.63, 3.8) is 0 Å². The van der Waals surface area contributed by atoms with Crippen LogP contribution in [-0.4, -0.2) is 42.9 Å². The number of nitrogens with zero attached hydrogens (tertiary/aromatic N) is 2. The number of anilines is 1. The molecule has 35 heavy (non-hydrogen) atoms. The first-order valence-electron chi connectivity index (χ1n) is 11.2. The van der Waals surface area contributed by atoms with E-state index in [1.54, 1.807) is 41.4 Å². The lowest BCUT2D eigenvalue weighted by Gasteiger charge is -2.18. The van der Waals surface area contributed by atoms with Gasteiger partial charge in [-0.2, -0.15) is 0 Å². The largest absolute Gasteiger partial charge is 0.457 e. The number of hydrogen-bond acceptors (Lipinski definition) is 6. The van der Waals surface area contributed by atoms with Gasteiger partial charge >= 0.3 is 0 Å². The van der Waals surface area contributed by atoms with Gasteiger partial charge in [0.2, 0.25) is 0 Å². The minimum absolute atomic E-state index is 0.158. The van der Waals surface area contributed by atoms with Gasteiger partial charge in [0.25, 0.3) is 11.8 Å². The van der Waals surface area contributed by atoms with Crippen LogP contribution in [0.2, 0.25) is 0 Å². The Morgan fingerprint density at radius 1 is 1.14 bits per heavy atom. The van der Waals surface area contributed by atoms with Crippen LogP contribution in [-0.2, 0) is 16.4 Å². The highest BCUT2D eigenvalue weighted by molar-refractivity contribution is 7.90. The number of aryl methyl sites for hydroxylation is 1. The average molecular weight is 494 g/mol. The predicted molar refractivity (Wildman–Crippen MR) is 133 cm³/mol. The molecule has 9 heteroatoms. The normalized spacial score (nSPS) is 13.2. The third kappa shape index (κ3) is 5.51. The molecule has 0 atom stereocenters. The molecule has 1 N–H and O–H groups in total. The van der Waals surface area contributed by atoms with Crippen LogP contribution in [0.25, 0.3) is 0 Å². The summed E-state index contributed by atoms with van der Waals surface area (Å²) in [7, 11) is -3.34. The Balaban J connectivity index is 1.69. The second-order valence-electron chi connectivity index (χ2n) is 9.10. The molecule has 2 amide bonds. The van der Waals surface area contributed by atoms with E-state index in [-0.39, 0.29) is 22.3 Å². The Labute approximate surface area is 204 Å². The number of pyridine rings is 1. The number of fused-ring (bicyclic) bond motifs is 1. The summed E-state index contributed by atoms with van der Waals surface area (Å²) in [5.74, 6) is 0.859. The molecule has 0 radical (unpaired) electrons. The quantitative estimate of drug-likeness (QED) is 0.521. The van der Waals surface area contributed by atoms with Crippen molar-refractivity contribution in [2.45, 2.75) is 32.2 Å². The molecule has 0 bridgehead atoms. The summed E-state index contributed by atoms with van der Waals surface area (Å²) in [5, 5.41) is 2.75. The number of sulfone groups is 1. The van der Waals surface area contributed by atoms with Crippen LogP contribution in [0, 0.1) is 12.8 Å². The standard InChI is InChI=1S/C26H27N3O5S/c1-16(2)14-29-15-22-21(26(29)31)11-18(25(30)28-24-10-5-17(3)13-27-24)12-23(22)34-19-6-8-20(9-7-19)35(4,32)33/h5-13,16H,14-15H2,1-4H3,(H,27,28,30). The zero-order valence-corrected chi connectivity index (χ0v) is 20.8. The van der Waals surface area contributed by atoms with Gasteiger partial charge in [0.15, 0.2) is 9.84 Å². The first-order chi connectivity index (χ1) is 16.5. The second kappa shape index (κ2) is 9.50. The van der Waals surface area contributed by atoms with E-state index in [9.17, 15) is 18.0 Å². The molecule has 0 spiro atoms. The molecule has 8 nitrogen and oxygen atoms in total. The van der Waals surface area contributed by atoms with Crippen molar-refractivity contribution < 1.29 is 22.7 Å². The van der Waals surface area contributed by atoms with Gasteiger partial charge in [-0.15, -0.1) is 0 Å². The lowest BCUT2D eigenvalue weighted by Crippen LogP contribution is -2.27. The number of ether oxygens (including phenoxy) is 1. The van der Waals surface area contributed by atoms with Gasteiger partial charge in [-0.1, -0.05) is 19.9 Å². The molecule has 4 rings (SSSR count). The lowest BCUT2D eigenvalue weighted by molar-refractivity contribution is 0.0759. The van der Waals surface area contributed by atoms with Crippen molar-refractivity contribution in [2.24, 2.45) is 5.92 Å². The zero-order valence-electron chi connectivity index (χ0n) is 20.0. The summed E-state index contributed by atoms with van der Waals surface area (Å²) >= 11 is 0. The molecule has 2 heterocycles. The summed E-state index contributed by atoms with van der Waals surface area (Å²) in [4.78, 5) is 32.3. The van der Waals surface area contributed by atoms with Crippen LogP contribution in [0.3, 0.4) is 0 Å². The Kier molecular flexibility index (Phi) is 6.62. The van der Waals surface area contributed by atoms with Crippen molar-refractivity contribution in [3.8, 4) is 11.5 Å². The number of aromatic nitrogens is 1. The van der Waals surface area contributed by atoms with E-state index >= 15 is 0 Å². The smallest absolute Gasteiger partial charge is 0.256 e. The van der Waals surface area contributed by atoms with Gasteiger partial charge < -0.3 is 15.0 Å². The molecule has 2 aromatic carbocycles. The van der Waals surface area contributed by atoms with E-state index in [0.717, 1.165) is 11.8 Å². The molecule has 0 aliphatic carbocycles. The fourth-order valence-electron chi connectivity index (χ4n) is 3.85. The van der Waals surface area contributed by atoms with Crippen LogP contribution in [0.15, 0.2) is 59.6 Å². The molecule has 3 aromatic rings. The Morgan fingerprint density at radius 3 is 2.46 bits per heavy atom. The van der Waals surface area contributed by atoms with Gasteiger partial charge in [0.05, 0.1) is 11.4 Å². The lowest BCUT2D eigenvalue weighted by atomic mass is 10.0. The molecule has 0 saturated carbocycles. The molecule has 0 saturated heterocycles. The number of carbonyl (C=O) groups excluding carboxylic acids is 2. The third-order valence-electron chi connectivity index (χ3n) is 5.56. The summed E-state index contributed by atoms with van der Waals surface area (Å²) < 4.78 is 29.6. The molecule has 1 aromatic heterocycles. The molecule has 1 aliphatic heterocycles. The number of benzene rings is 2. The highest BCUT2D eigenvalue weighted by Gasteiger charge is 2.32. The molecular formula is C26H27N3O5S. The molecular weight excluding hydrogens is 466 g/mol. The van der Waals surface area contributed by atoms with Gasteiger partial charge in [0, 0.05) is 35.7 Å². The minimum Gasteiger partial charge on any atom is -0.457 e. The first kappa shape index (κ1) is 24.4. The fourth-order valence-corrected chi connectivity index (χ4v) is 4.49. The van der Waals surface area contributed by atoms with Gasteiger partial charge in [0.1, 0.15) is 17.3 Å². The average Bonchev–Trinajstić information content (AvgIpc) is 3.10. The Bertz CT molecular complexity index is 1380. The van der Waals surface area contributed by atoms with Gasteiger partial charge in [-0.3, -0.25) is 9.59 Å². The molecule has 1 aliphatic rings. The number of rotatable bonds is 7. The summed E-state index contributed by atoms with van der Waals surface area (Å²) in [6.45, 7) is 6.91. The number of amides is 2. The predicted octanol–water partition coefficient (Wildman–Crippen LogP) is 4.45. The van der Waals surface area contributed by atoms with Crippen molar-refractivity contribution in [1.82, 2.24) is 9.88 Å². The number of hydrogen-bond donors (Lipinski definition) is 1. The van der Waals surface area contributed by atoms with Crippen LogP contribution >= 0.6 is 0 Å². The van der Waals surface area contributed by atoms with E-state index < -0.39 is 15.7 Å². The topological polar surface area (TPSA) is 106 Å². The maximum atomic E-state index is 13.1. The summed E-state index contributed by atoms with van der Waals surface area (Å²) in [6, 6.07) is 12.7. The monoisotopic (exact) mass is 493 g/mol. The van der Waals surface area contributed by atoms with Crippen LogP contribution in [0.1, 0.15) is 45.7 Å². The fraction of sp³-hybridized carbons (Fsp3) is 0.269. The van der Waals surface area contributed by atoms with E-state index in [2.05, 4.69) is 10.3 Å². The minimum atomic E-state index is -3.34. The van der Waals surface area contributed by atoms with E-state index in [1.807, 2.05) is 26.8 Å². The van der Waals surface area contributed by atoms with Crippen LogP contribution < -0.4 is 10.1 Å². The van der Waals surface area contributed by atoms with E-state index in [4.69, 9.17) is 4.74 Å². The van der Waals surface area contributed by atoms with Crippen molar-refractivity contribution in [2.75, 3.05) is 18.1 Å². The van der Waals surface area contributed by atoms with Crippen molar-refractivity contribution >= 4 is 27.5 Å². The number of nitrogens with one attached hydrogen (secondary N) is 1. The maximum absolute atomic E-state index is 13.1. The number of carbonyl (C=O) groups is 2. The second-order valence-corrected chi connectivity index (χ2v) is 11.1. The van der Waals surface area contributed by atoms with Crippen molar-refractivity contribution in [1.29, 1.82) is 0 Å². The third-order valence-corrected chi connectivity index (χ3v) is 6.68. The zero-order chi connectivity index (χ0) is 25.3. The molecule has 0 unspecified atom stereocenters. The van der Waals surface area contributed by atoms with Crippen molar-refractivity contribution in [3.05, 3.63) is 77.0 Å². The maximum Gasteiger partial charge on any atom is 0.256 e. The Hall–Kier alpha value is -3.72. The van der Waals surface area contributed by atoms with E-state index in [0.29, 0.717) is 41.5 Å².